The zero-order valence-electron chi connectivity index (χ0n) is 11.0. The topological polar surface area (TPSA) is 43.8 Å². The van der Waals surface area contributed by atoms with Gasteiger partial charge >= 0.3 is 0 Å². The van der Waals surface area contributed by atoms with E-state index in [-0.39, 0.29) is 6.04 Å². The molecule has 0 saturated carbocycles. The zero-order valence-corrected chi connectivity index (χ0v) is 13.4. The molecular formula is C14H17BrClN3. The van der Waals surface area contributed by atoms with Crippen molar-refractivity contribution in [3.8, 4) is 0 Å². The molecule has 3 nitrogen and oxygen atoms in total. The van der Waals surface area contributed by atoms with Crippen molar-refractivity contribution in [2.75, 3.05) is 0 Å². The van der Waals surface area contributed by atoms with Crippen molar-refractivity contribution >= 4 is 27.5 Å². The number of hydrogen-bond acceptors (Lipinski definition) is 2. The normalized spacial score (nSPS) is 12.7. The lowest BCUT2D eigenvalue weighted by Crippen LogP contribution is -2.16. The lowest BCUT2D eigenvalue weighted by molar-refractivity contribution is 0.587. The van der Waals surface area contributed by atoms with Gasteiger partial charge < -0.3 is 5.73 Å². The quantitative estimate of drug-likeness (QED) is 0.916. The van der Waals surface area contributed by atoms with Crippen molar-refractivity contribution in [2.24, 2.45) is 5.73 Å². The van der Waals surface area contributed by atoms with Crippen LogP contribution in [0.4, 0.5) is 0 Å². The molecule has 0 amide bonds. The van der Waals surface area contributed by atoms with E-state index < -0.39 is 0 Å². The first kappa shape index (κ1) is 14.6. The Hall–Kier alpha value is -0.840. The molecule has 102 valence electrons. The second-order valence-corrected chi connectivity index (χ2v) is 5.89. The van der Waals surface area contributed by atoms with Gasteiger partial charge in [0.15, 0.2) is 0 Å². The Balaban J connectivity index is 2.25. The highest BCUT2D eigenvalue weighted by Gasteiger charge is 2.14. The smallest absolute Gasteiger partial charge is 0.0596 e. The molecule has 1 aromatic heterocycles. The third-order valence-electron chi connectivity index (χ3n) is 3.07. The Bertz CT molecular complexity index is 580. The van der Waals surface area contributed by atoms with E-state index >= 15 is 0 Å². The first-order valence-corrected chi connectivity index (χ1v) is 7.42. The van der Waals surface area contributed by atoms with Gasteiger partial charge in [0.05, 0.1) is 5.69 Å². The van der Waals surface area contributed by atoms with E-state index in [4.69, 9.17) is 17.3 Å². The summed E-state index contributed by atoms with van der Waals surface area (Å²) >= 11 is 9.66. The van der Waals surface area contributed by atoms with Crippen molar-refractivity contribution in [3.05, 3.63) is 50.7 Å². The van der Waals surface area contributed by atoms with Crippen LogP contribution in [0.2, 0.25) is 5.02 Å². The summed E-state index contributed by atoms with van der Waals surface area (Å²) in [6.07, 6.45) is 0.727. The van der Waals surface area contributed by atoms with Gasteiger partial charge in [-0.15, -0.1) is 0 Å². The number of benzene rings is 1. The van der Waals surface area contributed by atoms with Crippen LogP contribution in [0, 0.1) is 6.92 Å². The molecule has 1 atom stereocenters. The van der Waals surface area contributed by atoms with E-state index in [1.54, 1.807) is 0 Å². The average molecular weight is 343 g/mol. The predicted molar refractivity (Wildman–Crippen MR) is 82.4 cm³/mol. The maximum absolute atomic E-state index is 6.28. The van der Waals surface area contributed by atoms with Crippen molar-refractivity contribution in [1.82, 2.24) is 9.78 Å². The van der Waals surface area contributed by atoms with E-state index in [0.29, 0.717) is 5.02 Å². The van der Waals surface area contributed by atoms with Gasteiger partial charge in [0.1, 0.15) is 0 Å². The minimum absolute atomic E-state index is 0.133. The molecule has 1 unspecified atom stereocenters. The minimum atomic E-state index is -0.133. The molecule has 0 aliphatic heterocycles. The third kappa shape index (κ3) is 3.38. The molecule has 2 N–H and O–H groups in total. The number of rotatable bonds is 4. The van der Waals surface area contributed by atoms with Gasteiger partial charge in [-0.25, -0.2) is 0 Å². The van der Waals surface area contributed by atoms with Crippen LogP contribution in [0.25, 0.3) is 0 Å². The van der Waals surface area contributed by atoms with E-state index in [0.717, 1.165) is 34.4 Å². The van der Waals surface area contributed by atoms with Crippen LogP contribution in [0.15, 0.2) is 28.7 Å². The molecule has 0 fully saturated rings. The van der Waals surface area contributed by atoms with Crippen LogP contribution in [0.5, 0.6) is 0 Å². The van der Waals surface area contributed by atoms with E-state index in [1.807, 2.05) is 29.8 Å². The monoisotopic (exact) mass is 341 g/mol. The zero-order chi connectivity index (χ0) is 14.0. The Morgan fingerprint density at radius 3 is 2.84 bits per heavy atom. The Morgan fingerprint density at radius 1 is 1.42 bits per heavy atom. The molecule has 2 rings (SSSR count). The SMILES string of the molecule is CCn1nc(C)cc1CC(N)c1cc(Br)ccc1Cl. The first-order chi connectivity index (χ1) is 9.01. The van der Waals surface area contributed by atoms with E-state index in [2.05, 4.69) is 34.0 Å². The first-order valence-electron chi connectivity index (χ1n) is 6.25. The molecule has 1 heterocycles. The summed E-state index contributed by atoms with van der Waals surface area (Å²) in [4.78, 5) is 0. The number of nitrogens with zero attached hydrogens (tertiary/aromatic N) is 2. The van der Waals surface area contributed by atoms with Gasteiger partial charge in [0, 0.05) is 34.2 Å². The van der Waals surface area contributed by atoms with E-state index in [1.165, 1.54) is 0 Å². The summed E-state index contributed by atoms with van der Waals surface area (Å²) < 4.78 is 2.98. The number of nitrogens with two attached hydrogens (primary N) is 1. The Labute approximate surface area is 126 Å². The van der Waals surface area contributed by atoms with Crippen molar-refractivity contribution < 1.29 is 0 Å². The summed E-state index contributed by atoms with van der Waals surface area (Å²) in [5, 5.41) is 5.14. The van der Waals surface area contributed by atoms with Gasteiger partial charge in [-0.2, -0.15) is 5.10 Å². The number of hydrogen-bond donors (Lipinski definition) is 1. The Morgan fingerprint density at radius 2 is 2.16 bits per heavy atom. The maximum Gasteiger partial charge on any atom is 0.0596 e. The van der Waals surface area contributed by atoms with Gasteiger partial charge in [0.25, 0.3) is 0 Å². The van der Waals surface area contributed by atoms with Gasteiger partial charge in [0.2, 0.25) is 0 Å². The fraction of sp³-hybridized carbons (Fsp3) is 0.357. The molecular weight excluding hydrogens is 326 g/mol. The van der Waals surface area contributed by atoms with Crippen molar-refractivity contribution in [2.45, 2.75) is 32.9 Å². The summed E-state index contributed by atoms with van der Waals surface area (Å²) in [5.74, 6) is 0. The molecule has 19 heavy (non-hydrogen) atoms. The highest BCUT2D eigenvalue weighted by atomic mass is 79.9. The molecule has 1 aromatic carbocycles. The number of halogens is 2. The predicted octanol–water partition coefficient (Wildman–Crippen LogP) is 3.87. The molecule has 0 spiro atoms. The number of aryl methyl sites for hydroxylation is 2. The van der Waals surface area contributed by atoms with Gasteiger partial charge in [-0.1, -0.05) is 27.5 Å². The highest BCUT2D eigenvalue weighted by Crippen LogP contribution is 2.27. The maximum atomic E-state index is 6.28. The van der Waals surface area contributed by atoms with Crippen LogP contribution < -0.4 is 5.73 Å². The molecule has 5 heteroatoms. The average Bonchev–Trinajstić information content (AvgIpc) is 2.72. The van der Waals surface area contributed by atoms with Crippen LogP contribution in [0.1, 0.15) is 29.9 Å². The molecule has 0 saturated heterocycles. The van der Waals surface area contributed by atoms with Crippen LogP contribution in [0.3, 0.4) is 0 Å². The van der Waals surface area contributed by atoms with Gasteiger partial charge in [-0.05, 0) is 43.7 Å². The molecule has 0 radical (unpaired) electrons. The van der Waals surface area contributed by atoms with Crippen molar-refractivity contribution in [3.63, 3.8) is 0 Å². The molecule has 0 aliphatic carbocycles. The van der Waals surface area contributed by atoms with Gasteiger partial charge in [-0.3, -0.25) is 4.68 Å². The van der Waals surface area contributed by atoms with Crippen LogP contribution >= 0.6 is 27.5 Å². The molecule has 2 aromatic rings. The minimum Gasteiger partial charge on any atom is -0.324 e. The Kier molecular flexibility index (Phi) is 4.66. The van der Waals surface area contributed by atoms with Crippen LogP contribution in [-0.4, -0.2) is 9.78 Å². The second-order valence-electron chi connectivity index (χ2n) is 4.57. The molecule has 0 bridgehead atoms. The summed E-state index contributed by atoms with van der Waals surface area (Å²) in [5.41, 5.74) is 9.40. The van der Waals surface area contributed by atoms with Crippen molar-refractivity contribution in [1.29, 1.82) is 0 Å². The van der Waals surface area contributed by atoms with Crippen LogP contribution in [-0.2, 0) is 13.0 Å². The summed E-state index contributed by atoms with van der Waals surface area (Å²) in [6, 6.07) is 7.70. The third-order valence-corrected chi connectivity index (χ3v) is 3.91. The lowest BCUT2D eigenvalue weighted by Gasteiger charge is -2.15. The fourth-order valence-electron chi connectivity index (χ4n) is 2.17. The fourth-order valence-corrected chi connectivity index (χ4v) is 2.81. The lowest BCUT2D eigenvalue weighted by atomic mass is 10.0. The highest BCUT2D eigenvalue weighted by molar-refractivity contribution is 9.10. The largest absolute Gasteiger partial charge is 0.324 e. The second kappa shape index (κ2) is 6.07. The number of aromatic nitrogens is 2. The standard InChI is InChI=1S/C14H17BrClN3/c1-3-19-11(6-9(2)18-19)8-14(17)12-7-10(15)4-5-13(12)16/h4-7,14H,3,8,17H2,1-2H3. The summed E-state index contributed by atoms with van der Waals surface area (Å²) in [6.45, 7) is 4.92. The molecule has 0 aliphatic rings. The summed E-state index contributed by atoms with van der Waals surface area (Å²) in [7, 11) is 0. The van der Waals surface area contributed by atoms with E-state index in [9.17, 15) is 0 Å².